The molecule has 2 aromatic rings. The first kappa shape index (κ1) is 11.6. The molecule has 1 heterocycles. The van der Waals surface area contributed by atoms with E-state index in [-0.39, 0.29) is 0 Å². The Hall–Kier alpha value is -1.51. The van der Waals surface area contributed by atoms with Gasteiger partial charge in [0.25, 0.3) is 0 Å². The van der Waals surface area contributed by atoms with Crippen molar-refractivity contribution in [3.05, 3.63) is 23.8 Å². The molecule has 1 aliphatic carbocycles. The van der Waals surface area contributed by atoms with Crippen LogP contribution < -0.4 is 5.73 Å². The van der Waals surface area contributed by atoms with Crippen LogP contribution >= 0.6 is 0 Å². The van der Waals surface area contributed by atoms with Crippen LogP contribution in [0.3, 0.4) is 0 Å². The van der Waals surface area contributed by atoms with Crippen LogP contribution in [0.5, 0.6) is 0 Å². The summed E-state index contributed by atoms with van der Waals surface area (Å²) in [6.45, 7) is 4.43. The van der Waals surface area contributed by atoms with E-state index < -0.39 is 0 Å². The van der Waals surface area contributed by atoms with Gasteiger partial charge in [-0.1, -0.05) is 25.0 Å². The third-order valence-electron chi connectivity index (χ3n) is 4.43. The SMILES string of the molecule is Cc1cccc2nc(N)n(C(C)C3CCCC3)c12. The molecule has 96 valence electrons. The Kier molecular flexibility index (Phi) is 2.77. The van der Waals surface area contributed by atoms with Crippen LogP contribution in [-0.2, 0) is 0 Å². The minimum atomic E-state index is 0.457. The smallest absolute Gasteiger partial charge is 0.201 e. The number of benzene rings is 1. The van der Waals surface area contributed by atoms with Crippen molar-refractivity contribution >= 4 is 17.0 Å². The van der Waals surface area contributed by atoms with Gasteiger partial charge in [-0.2, -0.15) is 0 Å². The fraction of sp³-hybridized carbons (Fsp3) is 0.533. The predicted octanol–water partition coefficient (Wildman–Crippen LogP) is 3.68. The number of anilines is 1. The summed E-state index contributed by atoms with van der Waals surface area (Å²) in [5.41, 5.74) is 9.65. The van der Waals surface area contributed by atoms with E-state index in [1.807, 2.05) is 0 Å². The molecule has 1 fully saturated rings. The van der Waals surface area contributed by atoms with E-state index in [0.29, 0.717) is 12.0 Å². The topological polar surface area (TPSA) is 43.8 Å². The number of hydrogen-bond donors (Lipinski definition) is 1. The van der Waals surface area contributed by atoms with Crippen LogP contribution in [0, 0.1) is 12.8 Å². The first-order chi connectivity index (χ1) is 8.68. The Bertz CT molecular complexity index is 564. The number of hydrogen-bond acceptors (Lipinski definition) is 2. The van der Waals surface area contributed by atoms with Crippen molar-refractivity contribution in [1.82, 2.24) is 9.55 Å². The minimum Gasteiger partial charge on any atom is -0.369 e. The number of rotatable bonds is 2. The van der Waals surface area contributed by atoms with Crippen molar-refractivity contribution in [3.63, 3.8) is 0 Å². The van der Waals surface area contributed by atoms with E-state index >= 15 is 0 Å². The third kappa shape index (κ3) is 1.69. The van der Waals surface area contributed by atoms with E-state index in [9.17, 15) is 0 Å². The summed E-state index contributed by atoms with van der Waals surface area (Å²) in [7, 11) is 0. The highest BCUT2D eigenvalue weighted by molar-refractivity contribution is 5.81. The van der Waals surface area contributed by atoms with E-state index in [2.05, 4.69) is 41.6 Å². The highest BCUT2D eigenvalue weighted by atomic mass is 15.2. The Morgan fingerprint density at radius 3 is 2.78 bits per heavy atom. The van der Waals surface area contributed by atoms with E-state index in [0.717, 1.165) is 11.4 Å². The summed E-state index contributed by atoms with van der Waals surface area (Å²) < 4.78 is 2.25. The Balaban J connectivity index is 2.12. The Labute approximate surface area is 108 Å². The molecular weight excluding hydrogens is 222 g/mol. The normalized spacial score (nSPS) is 18.6. The summed E-state index contributed by atoms with van der Waals surface area (Å²) in [4.78, 5) is 4.51. The maximum absolute atomic E-state index is 6.14. The monoisotopic (exact) mass is 243 g/mol. The van der Waals surface area contributed by atoms with Gasteiger partial charge in [0.2, 0.25) is 5.95 Å². The van der Waals surface area contributed by atoms with Crippen LogP contribution in [-0.4, -0.2) is 9.55 Å². The largest absolute Gasteiger partial charge is 0.369 e. The summed E-state index contributed by atoms with van der Waals surface area (Å²) in [6, 6.07) is 6.70. The molecule has 1 atom stereocenters. The van der Waals surface area contributed by atoms with E-state index in [1.54, 1.807) is 0 Å². The van der Waals surface area contributed by atoms with E-state index in [1.165, 1.54) is 36.8 Å². The lowest BCUT2D eigenvalue weighted by molar-refractivity contribution is 0.371. The van der Waals surface area contributed by atoms with Crippen molar-refractivity contribution in [2.75, 3.05) is 5.73 Å². The maximum atomic E-state index is 6.14. The van der Waals surface area contributed by atoms with Gasteiger partial charge >= 0.3 is 0 Å². The van der Waals surface area contributed by atoms with Crippen molar-refractivity contribution < 1.29 is 0 Å². The molecule has 1 unspecified atom stereocenters. The van der Waals surface area contributed by atoms with Gasteiger partial charge in [0.15, 0.2) is 0 Å². The predicted molar refractivity (Wildman–Crippen MR) is 75.6 cm³/mol. The second-order valence-electron chi connectivity index (χ2n) is 5.57. The molecule has 1 aromatic heterocycles. The fourth-order valence-corrected chi connectivity index (χ4v) is 3.40. The van der Waals surface area contributed by atoms with Gasteiger partial charge in [-0.25, -0.2) is 4.98 Å². The Morgan fingerprint density at radius 1 is 1.33 bits per heavy atom. The molecule has 0 aliphatic heterocycles. The summed E-state index contributed by atoms with van der Waals surface area (Å²) in [5.74, 6) is 1.42. The second-order valence-corrected chi connectivity index (χ2v) is 5.57. The van der Waals surface area contributed by atoms with Gasteiger partial charge < -0.3 is 10.3 Å². The van der Waals surface area contributed by atoms with Crippen molar-refractivity contribution in [1.29, 1.82) is 0 Å². The zero-order valence-corrected chi connectivity index (χ0v) is 11.2. The van der Waals surface area contributed by atoms with Crippen LogP contribution in [0.25, 0.3) is 11.0 Å². The number of aromatic nitrogens is 2. The lowest BCUT2D eigenvalue weighted by Crippen LogP contribution is -2.16. The van der Waals surface area contributed by atoms with Gasteiger partial charge in [-0.05, 0) is 44.2 Å². The molecule has 0 saturated heterocycles. The van der Waals surface area contributed by atoms with Gasteiger partial charge in [0.05, 0.1) is 11.0 Å². The second kappa shape index (κ2) is 4.30. The molecule has 0 bridgehead atoms. The molecular formula is C15H21N3. The van der Waals surface area contributed by atoms with Crippen LogP contribution in [0.4, 0.5) is 5.95 Å². The standard InChI is InChI=1S/C15H21N3/c1-10-6-5-9-13-14(10)18(15(16)17-13)11(2)12-7-3-4-8-12/h5-6,9,11-12H,3-4,7-8H2,1-2H3,(H2,16,17). The first-order valence-electron chi connectivity index (χ1n) is 6.91. The summed E-state index contributed by atoms with van der Waals surface area (Å²) in [5, 5.41) is 0. The Morgan fingerprint density at radius 2 is 2.06 bits per heavy atom. The maximum Gasteiger partial charge on any atom is 0.201 e. The molecule has 1 aliphatic rings. The molecule has 0 spiro atoms. The summed E-state index contributed by atoms with van der Waals surface area (Å²) >= 11 is 0. The quantitative estimate of drug-likeness (QED) is 0.874. The molecule has 0 amide bonds. The van der Waals surface area contributed by atoms with E-state index in [4.69, 9.17) is 5.73 Å². The molecule has 3 heteroatoms. The molecule has 2 N–H and O–H groups in total. The number of nitrogens with zero attached hydrogens (tertiary/aromatic N) is 2. The number of aryl methyl sites for hydroxylation is 1. The molecule has 1 aromatic carbocycles. The van der Waals surface area contributed by atoms with Crippen LogP contribution in [0.15, 0.2) is 18.2 Å². The molecule has 1 saturated carbocycles. The van der Waals surface area contributed by atoms with Crippen molar-refractivity contribution in [2.45, 2.75) is 45.6 Å². The van der Waals surface area contributed by atoms with Crippen LogP contribution in [0.1, 0.15) is 44.2 Å². The number of nitrogen functional groups attached to an aromatic ring is 1. The van der Waals surface area contributed by atoms with Gasteiger partial charge in [0, 0.05) is 6.04 Å². The van der Waals surface area contributed by atoms with Gasteiger partial charge in [-0.3, -0.25) is 0 Å². The average Bonchev–Trinajstić information content (AvgIpc) is 2.95. The van der Waals surface area contributed by atoms with Crippen molar-refractivity contribution in [2.24, 2.45) is 5.92 Å². The molecule has 0 radical (unpaired) electrons. The molecule has 3 nitrogen and oxygen atoms in total. The lowest BCUT2D eigenvalue weighted by atomic mass is 9.99. The third-order valence-corrected chi connectivity index (χ3v) is 4.43. The summed E-state index contributed by atoms with van der Waals surface area (Å²) in [6.07, 6.45) is 5.37. The van der Waals surface area contributed by atoms with Crippen LogP contribution in [0.2, 0.25) is 0 Å². The minimum absolute atomic E-state index is 0.457. The van der Waals surface area contributed by atoms with Crippen molar-refractivity contribution in [3.8, 4) is 0 Å². The molecule has 3 rings (SSSR count). The number of nitrogens with two attached hydrogens (primary N) is 1. The lowest BCUT2D eigenvalue weighted by Gasteiger charge is -2.22. The number of imidazole rings is 1. The highest BCUT2D eigenvalue weighted by Crippen LogP contribution is 2.37. The average molecular weight is 243 g/mol. The highest BCUT2D eigenvalue weighted by Gasteiger charge is 2.25. The van der Waals surface area contributed by atoms with Gasteiger partial charge in [0.1, 0.15) is 0 Å². The van der Waals surface area contributed by atoms with Gasteiger partial charge in [-0.15, -0.1) is 0 Å². The molecule has 18 heavy (non-hydrogen) atoms. The number of fused-ring (bicyclic) bond motifs is 1. The zero-order chi connectivity index (χ0) is 12.7. The zero-order valence-electron chi connectivity index (χ0n) is 11.2. The fourth-order valence-electron chi connectivity index (χ4n) is 3.40. The number of para-hydroxylation sites is 1. The first-order valence-corrected chi connectivity index (χ1v) is 6.91.